The Morgan fingerprint density at radius 3 is 2.19 bits per heavy atom. The lowest BCUT2D eigenvalue weighted by Gasteiger charge is -2.39. The van der Waals surface area contributed by atoms with Crippen LogP contribution in [0.4, 0.5) is 17.5 Å². The summed E-state index contributed by atoms with van der Waals surface area (Å²) in [4.78, 5) is 107. The highest BCUT2D eigenvalue weighted by Gasteiger charge is 2.47. The predicted octanol–water partition coefficient (Wildman–Crippen LogP) is 6.15. The van der Waals surface area contributed by atoms with Crippen molar-refractivity contribution in [1.82, 2.24) is 44.9 Å². The number of likely N-dealkylation sites (tertiary alicyclic amines) is 1. The van der Waals surface area contributed by atoms with Crippen LogP contribution in [0.15, 0.2) is 59.1 Å². The van der Waals surface area contributed by atoms with Gasteiger partial charge in [0.2, 0.25) is 23.7 Å². The predicted molar refractivity (Wildman–Crippen MR) is 284 cm³/mol. The molecule has 4 aromatic heterocycles. The topological polar surface area (TPSA) is 225 Å². The van der Waals surface area contributed by atoms with Crippen LogP contribution in [-0.4, -0.2) is 127 Å². The van der Waals surface area contributed by atoms with Gasteiger partial charge < -0.3 is 30.9 Å². The molecule has 74 heavy (non-hydrogen) atoms. The number of aliphatic hydroxyl groups excluding tert-OH is 1. The van der Waals surface area contributed by atoms with E-state index in [4.69, 9.17) is 4.98 Å². The molecule has 6 heterocycles. The number of aryl methyl sites for hydroxylation is 2. The van der Waals surface area contributed by atoms with Crippen LogP contribution in [0.1, 0.15) is 112 Å². The minimum Gasteiger partial charge on any atom is -0.393 e. The van der Waals surface area contributed by atoms with Crippen LogP contribution in [0.3, 0.4) is 0 Å². The molecule has 392 valence electrons. The zero-order chi connectivity index (χ0) is 52.4. The van der Waals surface area contributed by atoms with Gasteiger partial charge in [-0.1, -0.05) is 57.9 Å². The molecular formula is C55H69N11O7S. The summed E-state index contributed by atoms with van der Waals surface area (Å²) in [7, 11) is 0. The average Bonchev–Trinajstić information content (AvgIpc) is 4.17. The van der Waals surface area contributed by atoms with Gasteiger partial charge in [-0.15, -0.1) is 11.3 Å². The van der Waals surface area contributed by atoms with Crippen molar-refractivity contribution in [2.24, 2.45) is 23.2 Å². The molecular weight excluding hydrogens is 959 g/mol. The van der Waals surface area contributed by atoms with E-state index in [0.717, 1.165) is 53.1 Å². The Balaban J connectivity index is 0.731. The third-order valence-corrected chi connectivity index (χ3v) is 16.6. The summed E-state index contributed by atoms with van der Waals surface area (Å²) in [6, 6.07) is 10.9. The van der Waals surface area contributed by atoms with Gasteiger partial charge in [-0.25, -0.2) is 15.0 Å². The van der Waals surface area contributed by atoms with Crippen LogP contribution in [0, 0.1) is 37.0 Å². The first-order valence-electron chi connectivity index (χ1n) is 26.1. The van der Waals surface area contributed by atoms with Crippen molar-refractivity contribution in [2.75, 3.05) is 56.0 Å². The van der Waals surface area contributed by atoms with E-state index in [1.165, 1.54) is 6.92 Å². The number of aliphatic hydroxyl groups is 1. The second-order valence-corrected chi connectivity index (χ2v) is 22.6. The number of benzene rings is 1. The number of anilines is 3. The number of piperidine rings is 1. The van der Waals surface area contributed by atoms with E-state index in [9.17, 15) is 33.9 Å². The van der Waals surface area contributed by atoms with Gasteiger partial charge in [0.1, 0.15) is 11.5 Å². The number of nitrogens with one attached hydrogen (secondary N) is 3. The highest BCUT2D eigenvalue weighted by Crippen LogP contribution is 2.37. The van der Waals surface area contributed by atoms with Crippen molar-refractivity contribution in [1.29, 1.82) is 0 Å². The normalized spacial score (nSPS) is 20.4. The van der Waals surface area contributed by atoms with Gasteiger partial charge in [-0.3, -0.25) is 38.2 Å². The summed E-state index contributed by atoms with van der Waals surface area (Å²) in [5.41, 5.74) is 6.03. The Kier molecular flexibility index (Phi) is 15.7. The standard InChI is InChI=1S/C55H69N11O7S/c1-32-43-29-58-54(62-50(43)66(38-9-7-8-10-38)53(73)46(32)34(3)67)60-44-16-15-39(28-56-44)64-21-23-65(24-22-64)52(72)37-17-19-63(20-18-37)30-45(69)61-49(55(4,5)6)47(70)41-25-40(68)26-42(41)51(71)57-27-35-11-13-36(14-12-35)48-33(2)59-31-74-48/h11-16,28-29,31,37-38,40-42,49,68H,7-10,17-27,30H2,1-6H3,(H,57,71)(H,61,69)(H,56,58,60,62)/t40-,41?,42+,49+/m0/s1. The molecule has 3 amide bonds. The number of nitrogens with zero attached hydrogens (tertiary/aromatic N) is 8. The second-order valence-electron chi connectivity index (χ2n) is 21.8. The first-order chi connectivity index (χ1) is 35.4. The third-order valence-electron chi connectivity index (χ3n) is 15.6. The molecule has 18 nitrogen and oxygen atoms in total. The van der Waals surface area contributed by atoms with Crippen LogP contribution in [0.5, 0.6) is 0 Å². The van der Waals surface area contributed by atoms with Crippen LogP contribution in [0.25, 0.3) is 21.5 Å². The number of hydrogen-bond donors (Lipinski definition) is 4. The number of rotatable bonds is 15. The van der Waals surface area contributed by atoms with Crippen molar-refractivity contribution in [3.63, 3.8) is 0 Å². The number of Topliss-reactive ketones (excluding diaryl/α,β-unsaturated/α-hetero) is 2. The summed E-state index contributed by atoms with van der Waals surface area (Å²) in [6.07, 6.45) is 7.98. The van der Waals surface area contributed by atoms with Gasteiger partial charge in [-0.05, 0) is 107 Å². The minimum atomic E-state index is -0.866. The molecule has 9 rings (SSSR count). The van der Waals surface area contributed by atoms with E-state index in [1.807, 2.05) is 79.4 Å². The quantitative estimate of drug-likeness (QED) is 0.0864. The monoisotopic (exact) mass is 1030 g/mol. The van der Waals surface area contributed by atoms with E-state index in [0.29, 0.717) is 80.5 Å². The summed E-state index contributed by atoms with van der Waals surface area (Å²) >= 11 is 1.58. The van der Waals surface area contributed by atoms with Gasteiger partial charge in [-0.2, -0.15) is 4.98 Å². The number of thiazole rings is 1. The van der Waals surface area contributed by atoms with Crippen LogP contribution >= 0.6 is 11.3 Å². The van der Waals surface area contributed by atoms with Crippen LogP contribution in [0.2, 0.25) is 0 Å². The zero-order valence-corrected chi connectivity index (χ0v) is 44.2. The fraction of sp³-hybridized carbons (Fsp3) is 0.527. The molecule has 4 aliphatic rings. The Hall–Kier alpha value is -6.44. The number of carbonyl (C=O) groups is 5. The number of fused-ring (bicyclic) bond motifs is 1. The van der Waals surface area contributed by atoms with Gasteiger partial charge in [0.25, 0.3) is 5.56 Å². The van der Waals surface area contributed by atoms with Crippen molar-refractivity contribution < 1.29 is 29.1 Å². The number of pyridine rings is 2. The molecule has 0 bridgehead atoms. The highest BCUT2D eigenvalue weighted by atomic mass is 32.1. The number of amides is 3. The largest absolute Gasteiger partial charge is 0.393 e. The lowest BCUT2D eigenvalue weighted by atomic mass is 9.77. The molecule has 1 unspecified atom stereocenters. The number of ketones is 2. The Morgan fingerprint density at radius 2 is 1.55 bits per heavy atom. The molecule has 4 atom stereocenters. The van der Waals surface area contributed by atoms with Crippen LogP contribution in [-0.2, 0) is 25.7 Å². The van der Waals surface area contributed by atoms with Crippen molar-refractivity contribution in [2.45, 2.75) is 118 Å². The fourth-order valence-corrected chi connectivity index (χ4v) is 12.3. The summed E-state index contributed by atoms with van der Waals surface area (Å²) < 4.78 is 1.69. The maximum absolute atomic E-state index is 14.3. The molecule has 2 aliphatic heterocycles. The molecule has 0 radical (unpaired) electrons. The third kappa shape index (κ3) is 11.4. The lowest BCUT2D eigenvalue weighted by Crippen LogP contribution is -2.55. The molecule has 4 N–H and O–H groups in total. The van der Waals surface area contributed by atoms with Gasteiger partial charge >= 0.3 is 0 Å². The Labute approximate surface area is 435 Å². The molecule has 1 aromatic carbocycles. The van der Waals surface area contributed by atoms with Gasteiger partial charge in [0, 0.05) is 62.2 Å². The first-order valence-corrected chi connectivity index (χ1v) is 27.0. The average molecular weight is 1030 g/mol. The van der Waals surface area contributed by atoms with Crippen molar-refractivity contribution >= 4 is 69.1 Å². The Morgan fingerprint density at radius 1 is 0.851 bits per heavy atom. The number of aromatic nitrogens is 5. The van der Waals surface area contributed by atoms with E-state index in [1.54, 1.807) is 35.2 Å². The lowest BCUT2D eigenvalue weighted by molar-refractivity contribution is -0.138. The summed E-state index contributed by atoms with van der Waals surface area (Å²) in [6.45, 7) is 14.8. The summed E-state index contributed by atoms with van der Waals surface area (Å²) in [5.74, 6) is -1.72. The maximum atomic E-state index is 14.3. The zero-order valence-electron chi connectivity index (χ0n) is 43.4. The van der Waals surface area contributed by atoms with Crippen molar-refractivity contribution in [3.8, 4) is 10.4 Å². The number of carbonyl (C=O) groups excluding carboxylic acids is 5. The molecule has 4 fully saturated rings. The van der Waals surface area contributed by atoms with E-state index >= 15 is 0 Å². The molecule has 2 saturated heterocycles. The summed E-state index contributed by atoms with van der Waals surface area (Å²) in [5, 5.41) is 20.6. The second kappa shape index (κ2) is 22.2. The molecule has 0 spiro atoms. The smallest absolute Gasteiger partial charge is 0.263 e. The van der Waals surface area contributed by atoms with E-state index in [2.05, 4.69) is 35.8 Å². The molecule has 19 heteroatoms. The SMILES string of the molecule is CC(=O)c1c(C)c2cnc(Nc3ccc(N4CCN(C(=O)C5CCN(CC(=O)N[C@H](C(=O)C6C[C@H](O)C[C@H]6C(=O)NCc6ccc(-c7scnc7C)cc6)C(C)(C)C)CC5)CC4)cn3)nc2n(C2CCCC2)c1=O. The van der Waals surface area contributed by atoms with E-state index in [-0.39, 0.29) is 78.3 Å². The Bertz CT molecular complexity index is 2950. The number of piperazine rings is 1. The first kappa shape index (κ1) is 52.4. The van der Waals surface area contributed by atoms with Gasteiger partial charge in [0.15, 0.2) is 11.6 Å². The minimum absolute atomic E-state index is 0.0219. The van der Waals surface area contributed by atoms with Crippen LogP contribution < -0.4 is 26.4 Å². The van der Waals surface area contributed by atoms with E-state index < -0.39 is 29.4 Å². The molecule has 2 aliphatic carbocycles. The van der Waals surface area contributed by atoms with Gasteiger partial charge in [0.05, 0.1) is 58.1 Å². The fourth-order valence-electron chi connectivity index (χ4n) is 11.5. The molecule has 5 aromatic rings. The van der Waals surface area contributed by atoms with Crippen molar-refractivity contribution in [3.05, 3.63) is 87.0 Å². The maximum Gasteiger partial charge on any atom is 0.263 e. The highest BCUT2D eigenvalue weighted by molar-refractivity contribution is 7.13. The number of hydrogen-bond acceptors (Lipinski definition) is 15. The molecule has 2 saturated carbocycles.